The predicted octanol–water partition coefficient (Wildman–Crippen LogP) is 6.32. The first kappa shape index (κ1) is 23.1. The topological polar surface area (TPSA) is 52.6 Å². The molecule has 0 aliphatic rings. The van der Waals surface area contributed by atoms with E-state index in [1.54, 1.807) is 30.3 Å². The first-order valence-corrected chi connectivity index (χ1v) is 11.0. The number of ether oxygens (including phenoxy) is 1. The van der Waals surface area contributed by atoms with Crippen LogP contribution in [0.2, 0.25) is 0 Å². The normalized spacial score (nSPS) is 12.0. The van der Waals surface area contributed by atoms with Crippen molar-refractivity contribution in [3.8, 4) is 22.6 Å². The van der Waals surface area contributed by atoms with Gasteiger partial charge in [0.15, 0.2) is 5.75 Å². The summed E-state index contributed by atoms with van der Waals surface area (Å²) in [7, 11) is -5.77. The predicted molar refractivity (Wildman–Crippen MR) is 106 cm³/mol. The minimum Gasteiger partial charge on any atom is -0.493 e. The lowest BCUT2D eigenvalue weighted by molar-refractivity contribution is -0.0499. The molecule has 0 N–H and O–H groups in total. The van der Waals surface area contributed by atoms with Crippen molar-refractivity contribution >= 4 is 10.1 Å². The molecule has 0 unspecified atom stereocenters. The number of para-hydroxylation sites is 2. The minimum atomic E-state index is -5.77. The van der Waals surface area contributed by atoms with Gasteiger partial charge in [0.2, 0.25) is 0 Å². The molecule has 2 aromatic rings. The van der Waals surface area contributed by atoms with E-state index in [4.69, 9.17) is 4.74 Å². The van der Waals surface area contributed by atoms with E-state index in [0.717, 1.165) is 19.3 Å². The van der Waals surface area contributed by atoms with E-state index in [9.17, 15) is 21.6 Å². The Morgan fingerprint density at radius 2 is 1.31 bits per heavy atom. The van der Waals surface area contributed by atoms with Crippen LogP contribution in [0.1, 0.15) is 45.4 Å². The first-order chi connectivity index (χ1) is 13.8. The average molecular weight is 430 g/mol. The lowest BCUT2D eigenvalue weighted by Crippen LogP contribution is -2.28. The fourth-order valence-electron chi connectivity index (χ4n) is 2.81. The van der Waals surface area contributed by atoms with Crippen LogP contribution in [0.3, 0.4) is 0 Å². The fraction of sp³-hybridized carbons (Fsp3) is 0.429. The molecule has 29 heavy (non-hydrogen) atoms. The third-order valence-electron chi connectivity index (χ3n) is 4.30. The number of rotatable bonds is 11. The van der Waals surface area contributed by atoms with E-state index in [1.165, 1.54) is 37.5 Å². The molecule has 2 rings (SSSR count). The van der Waals surface area contributed by atoms with Gasteiger partial charge in [0.25, 0.3) is 0 Å². The standard InChI is InChI=1S/C21H25F3O4S/c1-2-3-4-5-6-11-16-27-19-14-9-7-12-17(19)18-13-8-10-15-20(18)28-29(25,26)21(22,23)24/h7-10,12-15H,2-6,11,16H2,1H3. The van der Waals surface area contributed by atoms with Crippen LogP contribution in [-0.4, -0.2) is 20.5 Å². The third kappa shape index (κ3) is 6.66. The molecule has 0 atom stereocenters. The molecule has 160 valence electrons. The van der Waals surface area contributed by atoms with Crippen molar-refractivity contribution < 1.29 is 30.5 Å². The molecule has 0 bridgehead atoms. The van der Waals surface area contributed by atoms with E-state index in [1.807, 2.05) is 0 Å². The molecule has 8 heteroatoms. The zero-order valence-electron chi connectivity index (χ0n) is 16.2. The number of unbranched alkanes of at least 4 members (excludes halogenated alkanes) is 5. The SMILES string of the molecule is CCCCCCCCOc1ccccc1-c1ccccc1OS(=O)(=O)C(F)(F)F. The van der Waals surface area contributed by atoms with Gasteiger partial charge >= 0.3 is 15.6 Å². The van der Waals surface area contributed by atoms with Crippen LogP contribution < -0.4 is 8.92 Å². The molecular weight excluding hydrogens is 405 g/mol. The van der Waals surface area contributed by atoms with Crippen molar-refractivity contribution in [3.63, 3.8) is 0 Å². The summed E-state index contributed by atoms with van der Waals surface area (Å²) in [6, 6.07) is 12.5. The van der Waals surface area contributed by atoms with Crippen LogP contribution in [0.15, 0.2) is 48.5 Å². The molecule has 0 aromatic heterocycles. The van der Waals surface area contributed by atoms with E-state index in [-0.39, 0.29) is 5.56 Å². The molecule has 0 aliphatic carbocycles. The Bertz CT molecular complexity index is 879. The first-order valence-electron chi connectivity index (χ1n) is 9.58. The largest absolute Gasteiger partial charge is 0.534 e. The van der Waals surface area contributed by atoms with Crippen LogP contribution in [0.25, 0.3) is 11.1 Å². The van der Waals surface area contributed by atoms with Gasteiger partial charge in [-0.2, -0.15) is 21.6 Å². The molecule has 0 saturated heterocycles. The Balaban J connectivity index is 2.15. The zero-order chi connectivity index (χ0) is 21.3. The zero-order valence-corrected chi connectivity index (χ0v) is 17.1. The molecule has 0 spiro atoms. The highest BCUT2D eigenvalue weighted by atomic mass is 32.2. The molecule has 0 aliphatic heterocycles. The number of hydrogen-bond acceptors (Lipinski definition) is 4. The summed E-state index contributed by atoms with van der Waals surface area (Å²) in [5.41, 5.74) is -4.83. The molecule has 0 saturated carbocycles. The van der Waals surface area contributed by atoms with Crippen LogP contribution in [0, 0.1) is 0 Å². The Hall–Kier alpha value is -2.22. The van der Waals surface area contributed by atoms with E-state index in [2.05, 4.69) is 11.1 Å². The second-order valence-electron chi connectivity index (χ2n) is 6.59. The summed E-state index contributed by atoms with van der Waals surface area (Å²) in [5.74, 6) is 0.0574. The number of alkyl halides is 3. The highest BCUT2D eigenvalue weighted by Gasteiger charge is 2.48. The van der Waals surface area contributed by atoms with Crippen molar-refractivity contribution in [2.75, 3.05) is 6.61 Å². The summed E-state index contributed by atoms with van der Waals surface area (Å²) in [4.78, 5) is 0. The van der Waals surface area contributed by atoms with Gasteiger partial charge in [-0.15, -0.1) is 0 Å². The van der Waals surface area contributed by atoms with E-state index >= 15 is 0 Å². The second kappa shape index (κ2) is 10.5. The van der Waals surface area contributed by atoms with Gasteiger partial charge < -0.3 is 8.92 Å². The highest BCUT2D eigenvalue weighted by molar-refractivity contribution is 7.88. The van der Waals surface area contributed by atoms with E-state index < -0.39 is 21.4 Å². The summed E-state index contributed by atoms with van der Waals surface area (Å²) in [6.45, 7) is 2.62. The lowest BCUT2D eigenvalue weighted by Gasteiger charge is -2.16. The third-order valence-corrected chi connectivity index (χ3v) is 5.27. The Labute approximate surface area is 169 Å². The van der Waals surface area contributed by atoms with Crippen molar-refractivity contribution in [1.82, 2.24) is 0 Å². The Kier molecular flexibility index (Phi) is 8.37. The van der Waals surface area contributed by atoms with Gasteiger partial charge in [0, 0.05) is 11.1 Å². The van der Waals surface area contributed by atoms with Crippen LogP contribution in [0.4, 0.5) is 13.2 Å². The summed E-state index contributed by atoms with van der Waals surface area (Å²) in [5, 5.41) is 0. The number of halogens is 3. The van der Waals surface area contributed by atoms with Crippen LogP contribution in [0.5, 0.6) is 11.5 Å². The van der Waals surface area contributed by atoms with Crippen LogP contribution in [-0.2, 0) is 10.1 Å². The Morgan fingerprint density at radius 1 is 0.793 bits per heavy atom. The minimum absolute atomic E-state index is 0.207. The quantitative estimate of drug-likeness (QED) is 0.238. The van der Waals surface area contributed by atoms with Crippen molar-refractivity contribution in [3.05, 3.63) is 48.5 Å². The number of hydrogen-bond donors (Lipinski definition) is 0. The molecule has 2 aromatic carbocycles. The van der Waals surface area contributed by atoms with Crippen molar-refractivity contribution in [2.45, 2.75) is 51.0 Å². The monoisotopic (exact) mass is 430 g/mol. The fourth-order valence-corrected chi connectivity index (χ4v) is 3.28. The van der Waals surface area contributed by atoms with Crippen molar-refractivity contribution in [2.24, 2.45) is 0 Å². The maximum absolute atomic E-state index is 12.7. The van der Waals surface area contributed by atoms with Crippen molar-refractivity contribution in [1.29, 1.82) is 0 Å². The molecule has 0 amide bonds. The number of benzene rings is 2. The van der Waals surface area contributed by atoms with Gasteiger partial charge in [0.05, 0.1) is 6.61 Å². The summed E-state index contributed by atoms with van der Waals surface area (Å²) in [6.07, 6.45) is 6.59. The van der Waals surface area contributed by atoms with Gasteiger partial charge in [-0.1, -0.05) is 75.4 Å². The second-order valence-corrected chi connectivity index (χ2v) is 8.13. The van der Waals surface area contributed by atoms with Gasteiger partial charge in [-0.05, 0) is 18.6 Å². The van der Waals surface area contributed by atoms with E-state index in [0.29, 0.717) is 17.9 Å². The summed E-state index contributed by atoms with van der Waals surface area (Å²) >= 11 is 0. The maximum Gasteiger partial charge on any atom is 0.534 e. The maximum atomic E-state index is 12.7. The van der Waals surface area contributed by atoms with Crippen LogP contribution >= 0.6 is 0 Å². The molecule has 0 heterocycles. The smallest absolute Gasteiger partial charge is 0.493 e. The molecule has 0 fully saturated rings. The highest BCUT2D eigenvalue weighted by Crippen LogP contribution is 2.38. The van der Waals surface area contributed by atoms with Gasteiger partial charge in [0.1, 0.15) is 5.75 Å². The van der Waals surface area contributed by atoms with Gasteiger partial charge in [-0.25, -0.2) is 0 Å². The average Bonchev–Trinajstić information content (AvgIpc) is 2.67. The lowest BCUT2D eigenvalue weighted by atomic mass is 10.0. The Morgan fingerprint density at radius 3 is 1.93 bits per heavy atom. The molecule has 4 nitrogen and oxygen atoms in total. The molecular formula is C21H25F3O4S. The molecule has 0 radical (unpaired) electrons. The van der Waals surface area contributed by atoms with Gasteiger partial charge in [-0.3, -0.25) is 0 Å². The summed E-state index contributed by atoms with van der Waals surface area (Å²) < 4.78 is 71.2.